The fourth-order valence-corrected chi connectivity index (χ4v) is 4.91. The first-order valence-corrected chi connectivity index (χ1v) is 9.98. The number of hydrogen-bond donors (Lipinski definition) is 1. The Hall–Kier alpha value is -2.22. The Morgan fingerprint density at radius 3 is 2.60 bits per heavy atom. The number of thiophene rings is 1. The third-order valence-electron chi connectivity index (χ3n) is 3.85. The maximum absolute atomic E-state index is 12.6. The largest absolute Gasteiger partial charge is 0.469 e. The minimum Gasteiger partial charge on any atom is -0.469 e. The number of fused-ring (bicyclic) bond motifs is 1. The van der Waals surface area contributed by atoms with Crippen molar-refractivity contribution in [2.45, 2.75) is 16.7 Å². The van der Waals surface area contributed by atoms with Gasteiger partial charge in [-0.05, 0) is 27.8 Å². The van der Waals surface area contributed by atoms with E-state index < -0.39 is 22.0 Å². The van der Waals surface area contributed by atoms with Gasteiger partial charge >= 0.3 is 5.97 Å². The van der Waals surface area contributed by atoms with Crippen LogP contribution in [0, 0.1) is 0 Å². The highest BCUT2D eigenvalue weighted by Crippen LogP contribution is 2.29. The summed E-state index contributed by atoms with van der Waals surface area (Å²) in [7, 11) is -2.44. The second kappa shape index (κ2) is 7.35. The molecular weight excluding hydrogens is 358 g/mol. The number of rotatable bonds is 6. The lowest BCUT2D eigenvalue weighted by Crippen LogP contribution is -2.30. The number of nitrogens with one attached hydrogen (secondary N) is 1. The van der Waals surface area contributed by atoms with Crippen LogP contribution in [0.3, 0.4) is 0 Å². The molecule has 0 bridgehead atoms. The van der Waals surface area contributed by atoms with Crippen molar-refractivity contribution in [1.29, 1.82) is 0 Å². The summed E-state index contributed by atoms with van der Waals surface area (Å²) in [4.78, 5) is 11.8. The fraction of sp³-hybridized carbons (Fsp3) is 0.167. The number of benzene rings is 2. The number of carbonyl (C=O) groups is 1. The van der Waals surface area contributed by atoms with E-state index in [0.29, 0.717) is 0 Å². The lowest BCUT2D eigenvalue weighted by Gasteiger charge is -2.19. The lowest BCUT2D eigenvalue weighted by atomic mass is 9.97. The van der Waals surface area contributed by atoms with Crippen molar-refractivity contribution in [2.24, 2.45) is 0 Å². The standard InChI is InChI=1S/C18H17NO4S2/c1-23-17(20)12-16(19-25(21,22)18-10-5-11-24-18)15-9-4-7-13-6-2-3-8-14(13)15/h2-11,16,19H,12H2,1H3/t16-/m1/s1. The van der Waals surface area contributed by atoms with Crippen LogP contribution in [0.25, 0.3) is 10.8 Å². The van der Waals surface area contributed by atoms with Gasteiger partial charge in [-0.15, -0.1) is 11.3 Å². The van der Waals surface area contributed by atoms with E-state index in [0.717, 1.165) is 27.7 Å². The fourth-order valence-electron chi connectivity index (χ4n) is 2.68. The van der Waals surface area contributed by atoms with Crippen molar-refractivity contribution in [1.82, 2.24) is 4.72 Å². The van der Waals surface area contributed by atoms with Crippen molar-refractivity contribution in [3.05, 3.63) is 65.5 Å². The van der Waals surface area contributed by atoms with Gasteiger partial charge in [0.15, 0.2) is 0 Å². The zero-order valence-electron chi connectivity index (χ0n) is 13.5. The Bertz CT molecular complexity index is 976. The predicted molar refractivity (Wildman–Crippen MR) is 98.0 cm³/mol. The molecule has 0 radical (unpaired) electrons. The number of hydrogen-bond acceptors (Lipinski definition) is 5. The van der Waals surface area contributed by atoms with E-state index in [2.05, 4.69) is 4.72 Å². The average molecular weight is 375 g/mol. The molecule has 1 N–H and O–H groups in total. The van der Waals surface area contributed by atoms with Gasteiger partial charge in [0.25, 0.3) is 10.0 Å². The molecule has 7 heteroatoms. The summed E-state index contributed by atoms with van der Waals surface area (Å²) < 4.78 is 32.9. The molecule has 3 rings (SSSR count). The molecular formula is C18H17NO4S2. The molecule has 0 amide bonds. The second-order valence-corrected chi connectivity index (χ2v) is 8.34. The maximum atomic E-state index is 12.6. The van der Waals surface area contributed by atoms with Crippen LogP contribution in [0.4, 0.5) is 0 Å². The van der Waals surface area contributed by atoms with E-state index >= 15 is 0 Å². The maximum Gasteiger partial charge on any atom is 0.307 e. The minimum atomic E-state index is -3.73. The van der Waals surface area contributed by atoms with Crippen LogP contribution in [0.5, 0.6) is 0 Å². The molecule has 0 fully saturated rings. The summed E-state index contributed by atoms with van der Waals surface area (Å²) in [6, 6.07) is 15.8. The number of methoxy groups -OCH3 is 1. The Kier molecular flexibility index (Phi) is 5.17. The molecule has 0 saturated carbocycles. The van der Waals surface area contributed by atoms with Crippen LogP contribution >= 0.6 is 11.3 Å². The van der Waals surface area contributed by atoms with Gasteiger partial charge in [-0.2, -0.15) is 0 Å². The molecule has 0 aliphatic heterocycles. The van der Waals surface area contributed by atoms with Gasteiger partial charge in [0.05, 0.1) is 19.6 Å². The molecule has 0 aliphatic carbocycles. The quantitative estimate of drug-likeness (QED) is 0.670. The van der Waals surface area contributed by atoms with Crippen LogP contribution in [-0.2, 0) is 19.6 Å². The number of esters is 1. The van der Waals surface area contributed by atoms with E-state index in [1.165, 1.54) is 13.2 Å². The first kappa shape index (κ1) is 17.6. The van der Waals surface area contributed by atoms with Gasteiger partial charge in [0, 0.05) is 0 Å². The number of carbonyl (C=O) groups excluding carboxylic acids is 1. The van der Waals surface area contributed by atoms with Crippen molar-refractivity contribution >= 4 is 38.1 Å². The summed E-state index contributed by atoms with van der Waals surface area (Å²) in [5, 5.41) is 3.57. The Balaban J connectivity index is 2.04. The predicted octanol–water partition coefficient (Wildman–Crippen LogP) is 3.48. The van der Waals surface area contributed by atoms with E-state index in [-0.39, 0.29) is 10.6 Å². The molecule has 0 unspecified atom stereocenters. The first-order chi connectivity index (χ1) is 12.0. The SMILES string of the molecule is COC(=O)C[C@@H](NS(=O)(=O)c1cccs1)c1cccc2ccccc12. The normalized spacial score (nSPS) is 12.8. The van der Waals surface area contributed by atoms with Gasteiger partial charge < -0.3 is 4.74 Å². The third kappa shape index (κ3) is 3.89. The molecule has 2 aromatic carbocycles. The zero-order chi connectivity index (χ0) is 17.9. The minimum absolute atomic E-state index is 0.0882. The molecule has 5 nitrogen and oxygen atoms in total. The Morgan fingerprint density at radius 2 is 1.88 bits per heavy atom. The number of sulfonamides is 1. The lowest BCUT2D eigenvalue weighted by molar-refractivity contribution is -0.141. The smallest absolute Gasteiger partial charge is 0.307 e. The van der Waals surface area contributed by atoms with Crippen LogP contribution in [-0.4, -0.2) is 21.5 Å². The van der Waals surface area contributed by atoms with Gasteiger partial charge in [-0.25, -0.2) is 13.1 Å². The van der Waals surface area contributed by atoms with Crippen LogP contribution in [0.1, 0.15) is 18.0 Å². The molecule has 1 atom stereocenters. The molecule has 25 heavy (non-hydrogen) atoms. The van der Waals surface area contributed by atoms with E-state index in [9.17, 15) is 13.2 Å². The van der Waals surface area contributed by atoms with Crippen LogP contribution in [0.15, 0.2) is 64.2 Å². The first-order valence-electron chi connectivity index (χ1n) is 7.61. The van der Waals surface area contributed by atoms with E-state index in [1.54, 1.807) is 11.4 Å². The molecule has 130 valence electrons. The van der Waals surface area contributed by atoms with Crippen molar-refractivity contribution in [2.75, 3.05) is 7.11 Å². The molecule has 0 saturated heterocycles. The summed E-state index contributed by atoms with van der Waals surface area (Å²) in [5.74, 6) is -0.480. The third-order valence-corrected chi connectivity index (χ3v) is 6.72. The van der Waals surface area contributed by atoms with Gasteiger partial charge in [0.1, 0.15) is 4.21 Å². The highest BCUT2D eigenvalue weighted by atomic mass is 32.2. The molecule has 3 aromatic rings. The summed E-state index contributed by atoms with van der Waals surface area (Å²) in [6.07, 6.45) is -0.0882. The number of ether oxygens (including phenoxy) is 1. The van der Waals surface area contributed by atoms with E-state index in [4.69, 9.17) is 4.74 Å². The van der Waals surface area contributed by atoms with Gasteiger partial charge in [0.2, 0.25) is 0 Å². The molecule has 1 aromatic heterocycles. The van der Waals surface area contributed by atoms with Crippen LogP contribution in [0.2, 0.25) is 0 Å². The zero-order valence-corrected chi connectivity index (χ0v) is 15.1. The molecule has 0 spiro atoms. The van der Waals surface area contributed by atoms with Crippen LogP contribution < -0.4 is 4.72 Å². The summed E-state index contributed by atoms with van der Waals surface area (Å²) in [6.45, 7) is 0. The van der Waals surface area contributed by atoms with Gasteiger partial charge in [-0.3, -0.25) is 4.79 Å². The van der Waals surface area contributed by atoms with Crippen molar-refractivity contribution in [3.63, 3.8) is 0 Å². The topological polar surface area (TPSA) is 72.5 Å². The van der Waals surface area contributed by atoms with Crippen molar-refractivity contribution in [3.8, 4) is 0 Å². The average Bonchev–Trinajstić information content (AvgIpc) is 3.16. The Morgan fingerprint density at radius 1 is 1.12 bits per heavy atom. The Labute approximate surface area is 150 Å². The second-order valence-electron chi connectivity index (χ2n) is 5.45. The summed E-state index contributed by atoms with van der Waals surface area (Å²) >= 11 is 1.13. The summed E-state index contributed by atoms with van der Waals surface area (Å²) in [5.41, 5.74) is 0.739. The molecule has 1 heterocycles. The molecule has 0 aliphatic rings. The van der Waals surface area contributed by atoms with Gasteiger partial charge in [-0.1, -0.05) is 48.5 Å². The van der Waals surface area contributed by atoms with Crippen molar-refractivity contribution < 1.29 is 17.9 Å². The van der Waals surface area contributed by atoms with E-state index in [1.807, 2.05) is 42.5 Å². The monoisotopic (exact) mass is 375 g/mol. The highest BCUT2D eigenvalue weighted by Gasteiger charge is 2.25. The highest BCUT2D eigenvalue weighted by molar-refractivity contribution is 7.91.